The van der Waals surface area contributed by atoms with Crippen LogP contribution < -0.4 is 5.32 Å². The van der Waals surface area contributed by atoms with E-state index < -0.39 is 40.0 Å². The van der Waals surface area contributed by atoms with E-state index in [1.54, 1.807) is 6.08 Å². The summed E-state index contributed by atoms with van der Waals surface area (Å²) in [5.74, 6) is -1.56. The number of amides is 1. The molecular formula is C26H49NO6S. The minimum Gasteiger partial charge on any atom is -0.387 e. The van der Waals surface area contributed by atoms with Gasteiger partial charge in [0.2, 0.25) is 5.91 Å². The molecule has 0 aliphatic heterocycles. The predicted molar refractivity (Wildman–Crippen MR) is 139 cm³/mol. The zero-order valence-corrected chi connectivity index (χ0v) is 22.1. The van der Waals surface area contributed by atoms with Crippen molar-refractivity contribution < 1.29 is 28.0 Å². The number of allylic oxidation sites excluding steroid dienone is 3. The van der Waals surface area contributed by atoms with Crippen molar-refractivity contribution >= 4 is 16.0 Å². The van der Waals surface area contributed by atoms with Gasteiger partial charge in [-0.3, -0.25) is 9.35 Å². The van der Waals surface area contributed by atoms with Crippen LogP contribution in [-0.2, 0) is 14.9 Å². The lowest BCUT2D eigenvalue weighted by molar-refractivity contribution is -0.130. The molecule has 3 atom stereocenters. The van der Waals surface area contributed by atoms with Crippen molar-refractivity contribution in [2.75, 3.05) is 5.75 Å². The van der Waals surface area contributed by atoms with Gasteiger partial charge in [0.25, 0.3) is 10.1 Å². The molecule has 0 aromatic carbocycles. The SMILES string of the molecule is CCCC/C=C/CC/C=C/C(O)C(CS(=O)(=O)O)NC(=O)C(O)CCCCCCCCCCC. The fraction of sp³-hybridized carbons (Fsp3) is 0.808. The molecule has 0 aliphatic rings. The van der Waals surface area contributed by atoms with E-state index >= 15 is 0 Å². The van der Waals surface area contributed by atoms with Crippen molar-refractivity contribution in [1.82, 2.24) is 5.32 Å². The predicted octanol–water partition coefficient (Wildman–Crippen LogP) is 5.08. The van der Waals surface area contributed by atoms with E-state index in [4.69, 9.17) is 0 Å². The fourth-order valence-electron chi connectivity index (χ4n) is 3.63. The highest BCUT2D eigenvalue weighted by Crippen LogP contribution is 2.12. The molecule has 0 spiro atoms. The zero-order chi connectivity index (χ0) is 25.7. The average molecular weight is 504 g/mol. The maximum absolute atomic E-state index is 12.3. The molecule has 0 aliphatic carbocycles. The molecular weight excluding hydrogens is 454 g/mol. The first-order valence-electron chi connectivity index (χ1n) is 13.1. The van der Waals surface area contributed by atoms with Gasteiger partial charge >= 0.3 is 0 Å². The number of hydrogen-bond acceptors (Lipinski definition) is 5. The first-order chi connectivity index (χ1) is 16.2. The Kier molecular flexibility index (Phi) is 20.3. The van der Waals surface area contributed by atoms with Crippen molar-refractivity contribution in [3.8, 4) is 0 Å². The minimum absolute atomic E-state index is 0.274. The maximum atomic E-state index is 12.3. The highest BCUT2D eigenvalue weighted by molar-refractivity contribution is 7.85. The summed E-state index contributed by atoms with van der Waals surface area (Å²) in [7, 11) is -4.43. The third-order valence-electron chi connectivity index (χ3n) is 5.74. The van der Waals surface area contributed by atoms with E-state index in [9.17, 15) is 28.0 Å². The molecule has 34 heavy (non-hydrogen) atoms. The molecule has 8 heteroatoms. The molecule has 0 heterocycles. The number of aliphatic hydroxyl groups excluding tert-OH is 2. The molecule has 3 unspecified atom stereocenters. The summed E-state index contributed by atoms with van der Waals surface area (Å²) >= 11 is 0. The molecule has 0 aromatic rings. The molecule has 4 N–H and O–H groups in total. The van der Waals surface area contributed by atoms with Gasteiger partial charge in [-0.1, -0.05) is 109 Å². The Morgan fingerprint density at radius 2 is 1.32 bits per heavy atom. The van der Waals surface area contributed by atoms with Crippen molar-refractivity contribution in [3.63, 3.8) is 0 Å². The molecule has 7 nitrogen and oxygen atoms in total. The Balaban J connectivity index is 4.43. The van der Waals surface area contributed by atoms with Crippen molar-refractivity contribution in [2.45, 2.75) is 128 Å². The second-order valence-electron chi connectivity index (χ2n) is 9.11. The van der Waals surface area contributed by atoms with Crippen molar-refractivity contribution in [2.24, 2.45) is 0 Å². The fourth-order valence-corrected chi connectivity index (χ4v) is 4.37. The van der Waals surface area contributed by atoms with E-state index in [-0.39, 0.29) is 6.42 Å². The summed E-state index contributed by atoms with van der Waals surface area (Å²) in [6.45, 7) is 4.33. The molecule has 0 aromatic heterocycles. The lowest BCUT2D eigenvalue weighted by Crippen LogP contribution is -2.50. The van der Waals surface area contributed by atoms with E-state index in [2.05, 4.69) is 31.3 Å². The summed E-state index contributed by atoms with van der Waals surface area (Å²) in [4.78, 5) is 12.3. The summed E-state index contributed by atoms with van der Waals surface area (Å²) in [5.41, 5.74) is 0. The van der Waals surface area contributed by atoms with Gasteiger partial charge in [-0.2, -0.15) is 8.42 Å². The summed E-state index contributed by atoms with van der Waals surface area (Å²) in [5, 5.41) is 22.9. The summed E-state index contributed by atoms with van der Waals surface area (Å²) in [6, 6.07) is -1.24. The van der Waals surface area contributed by atoms with Crippen LogP contribution in [0.1, 0.15) is 110 Å². The Labute approximate surface area is 207 Å². The van der Waals surface area contributed by atoms with Crippen LogP contribution in [0.5, 0.6) is 0 Å². The Morgan fingerprint density at radius 1 is 0.794 bits per heavy atom. The molecule has 200 valence electrons. The second kappa shape index (κ2) is 21.1. The lowest BCUT2D eigenvalue weighted by Gasteiger charge is -2.22. The highest BCUT2D eigenvalue weighted by atomic mass is 32.2. The Morgan fingerprint density at radius 3 is 1.91 bits per heavy atom. The quantitative estimate of drug-likeness (QED) is 0.0927. The van der Waals surface area contributed by atoms with Crippen LogP contribution in [0.4, 0.5) is 0 Å². The molecule has 0 radical (unpaired) electrons. The van der Waals surface area contributed by atoms with Crippen LogP contribution in [0.25, 0.3) is 0 Å². The van der Waals surface area contributed by atoms with Crippen LogP contribution in [0, 0.1) is 0 Å². The summed E-state index contributed by atoms with van der Waals surface area (Å²) < 4.78 is 31.9. The number of carbonyl (C=O) groups excluding carboxylic acids is 1. The Bertz CT molecular complexity index is 662. The smallest absolute Gasteiger partial charge is 0.267 e. The monoisotopic (exact) mass is 503 g/mol. The van der Waals surface area contributed by atoms with E-state index in [0.29, 0.717) is 12.8 Å². The van der Waals surface area contributed by atoms with E-state index in [0.717, 1.165) is 44.9 Å². The van der Waals surface area contributed by atoms with Gasteiger partial charge in [-0.25, -0.2) is 0 Å². The largest absolute Gasteiger partial charge is 0.387 e. The normalized spacial score (nSPS) is 15.1. The molecule has 0 saturated carbocycles. The van der Waals surface area contributed by atoms with Gasteiger partial charge < -0.3 is 15.5 Å². The van der Waals surface area contributed by atoms with Gasteiger partial charge in [-0.05, 0) is 25.7 Å². The molecule has 1 amide bonds. The van der Waals surface area contributed by atoms with Gasteiger partial charge in [0.15, 0.2) is 0 Å². The first-order valence-corrected chi connectivity index (χ1v) is 14.8. The average Bonchev–Trinajstić information content (AvgIpc) is 2.78. The number of rotatable bonds is 22. The number of carbonyl (C=O) groups is 1. The molecule has 0 bridgehead atoms. The number of aliphatic hydroxyl groups is 2. The van der Waals surface area contributed by atoms with Crippen LogP contribution in [-0.4, -0.2) is 53.1 Å². The lowest BCUT2D eigenvalue weighted by atomic mass is 10.0. The molecule has 0 rings (SSSR count). The molecule has 0 saturated heterocycles. The third kappa shape index (κ3) is 20.2. The van der Waals surface area contributed by atoms with Crippen LogP contribution >= 0.6 is 0 Å². The van der Waals surface area contributed by atoms with Crippen LogP contribution in [0.2, 0.25) is 0 Å². The van der Waals surface area contributed by atoms with E-state index in [1.165, 1.54) is 38.2 Å². The number of hydrogen-bond donors (Lipinski definition) is 4. The van der Waals surface area contributed by atoms with Gasteiger partial charge in [0, 0.05) is 0 Å². The highest BCUT2D eigenvalue weighted by Gasteiger charge is 2.27. The van der Waals surface area contributed by atoms with Crippen LogP contribution in [0.3, 0.4) is 0 Å². The third-order valence-corrected chi connectivity index (χ3v) is 6.52. The summed E-state index contributed by atoms with van der Waals surface area (Å²) in [6.07, 6.45) is 19.9. The zero-order valence-electron chi connectivity index (χ0n) is 21.3. The number of nitrogens with one attached hydrogen (secondary N) is 1. The van der Waals surface area contributed by atoms with Crippen LogP contribution in [0.15, 0.2) is 24.3 Å². The standard InChI is InChI=1S/C26H49NO6S/c1-3-5-7-9-11-13-15-17-19-21-25(29)26(30)27-23(22-34(31,32)33)24(28)20-18-16-14-12-10-8-6-4-2/h10,12,18,20,23-25,28-29H,3-9,11,13-17,19,21-22H2,1-2H3,(H,27,30)(H,31,32,33)/b12-10+,20-18+. The van der Waals surface area contributed by atoms with Crippen molar-refractivity contribution in [1.29, 1.82) is 0 Å². The van der Waals surface area contributed by atoms with Crippen molar-refractivity contribution in [3.05, 3.63) is 24.3 Å². The first kappa shape index (κ1) is 32.8. The maximum Gasteiger partial charge on any atom is 0.267 e. The number of unbranched alkanes of at least 4 members (excludes halogenated alkanes) is 11. The molecule has 0 fully saturated rings. The Hall–Kier alpha value is -1.22. The van der Waals surface area contributed by atoms with E-state index in [1.807, 2.05) is 0 Å². The van der Waals surface area contributed by atoms with Gasteiger partial charge in [-0.15, -0.1) is 0 Å². The van der Waals surface area contributed by atoms with Gasteiger partial charge in [0.05, 0.1) is 17.9 Å². The van der Waals surface area contributed by atoms with Gasteiger partial charge in [0.1, 0.15) is 6.10 Å². The topological polar surface area (TPSA) is 124 Å². The minimum atomic E-state index is -4.43. The second-order valence-corrected chi connectivity index (χ2v) is 10.6.